The van der Waals surface area contributed by atoms with Crippen LogP contribution in [0, 0.1) is 0 Å². The van der Waals surface area contributed by atoms with Crippen LogP contribution in [0.4, 0.5) is 0 Å². The van der Waals surface area contributed by atoms with Crippen molar-refractivity contribution in [2.45, 2.75) is 51.8 Å². The van der Waals surface area contributed by atoms with E-state index in [0.717, 1.165) is 26.1 Å². The van der Waals surface area contributed by atoms with Crippen molar-refractivity contribution in [3.8, 4) is 0 Å². The number of ether oxygens (including phenoxy) is 1. The highest BCUT2D eigenvalue weighted by molar-refractivity contribution is 4.85. The molecule has 0 bridgehead atoms. The van der Waals surface area contributed by atoms with Crippen molar-refractivity contribution in [3.05, 3.63) is 0 Å². The van der Waals surface area contributed by atoms with Crippen LogP contribution in [0.2, 0.25) is 0 Å². The van der Waals surface area contributed by atoms with Crippen LogP contribution in [0.5, 0.6) is 0 Å². The molecule has 3 unspecified atom stereocenters. The van der Waals surface area contributed by atoms with Crippen molar-refractivity contribution in [2.75, 3.05) is 19.7 Å². The Kier molecular flexibility index (Phi) is 3.93. The Hall–Kier alpha value is -0.120. The highest BCUT2D eigenvalue weighted by Crippen LogP contribution is 2.15. The minimum Gasteiger partial charge on any atom is -0.376 e. The molecule has 14 heavy (non-hydrogen) atoms. The average Bonchev–Trinajstić information content (AvgIpc) is 2.11. The zero-order valence-electron chi connectivity index (χ0n) is 9.92. The van der Waals surface area contributed by atoms with Crippen molar-refractivity contribution in [1.82, 2.24) is 4.90 Å². The predicted octanol–water partition coefficient (Wildman–Crippen LogP) is 1.22. The van der Waals surface area contributed by atoms with Crippen LogP contribution in [-0.2, 0) is 4.74 Å². The van der Waals surface area contributed by atoms with Crippen molar-refractivity contribution in [1.29, 1.82) is 0 Å². The standard InChI is InChI=1S/C11H24N2O/c1-5-11(4,12)8-13-6-10(3)14-7-9(13)2/h9-10H,5-8,12H2,1-4H3. The van der Waals surface area contributed by atoms with Gasteiger partial charge in [0.25, 0.3) is 0 Å². The van der Waals surface area contributed by atoms with Crippen LogP contribution in [0.15, 0.2) is 0 Å². The minimum absolute atomic E-state index is 0.0642. The zero-order valence-corrected chi connectivity index (χ0v) is 9.92. The second-order valence-electron chi connectivity index (χ2n) is 4.93. The summed E-state index contributed by atoms with van der Waals surface area (Å²) in [4.78, 5) is 2.44. The second kappa shape index (κ2) is 4.60. The van der Waals surface area contributed by atoms with Crippen LogP contribution >= 0.6 is 0 Å². The molecule has 1 rings (SSSR count). The zero-order chi connectivity index (χ0) is 10.8. The van der Waals surface area contributed by atoms with Gasteiger partial charge < -0.3 is 10.5 Å². The van der Waals surface area contributed by atoms with Crippen molar-refractivity contribution in [2.24, 2.45) is 5.73 Å². The van der Waals surface area contributed by atoms with Gasteiger partial charge in [-0.3, -0.25) is 4.90 Å². The molecule has 0 amide bonds. The van der Waals surface area contributed by atoms with Crippen molar-refractivity contribution >= 4 is 0 Å². The van der Waals surface area contributed by atoms with E-state index < -0.39 is 0 Å². The molecule has 84 valence electrons. The summed E-state index contributed by atoms with van der Waals surface area (Å²) in [5.74, 6) is 0. The monoisotopic (exact) mass is 200 g/mol. The maximum absolute atomic E-state index is 6.17. The molecule has 1 aliphatic heterocycles. The van der Waals surface area contributed by atoms with E-state index in [0.29, 0.717) is 12.1 Å². The fourth-order valence-corrected chi connectivity index (χ4v) is 1.77. The maximum Gasteiger partial charge on any atom is 0.0674 e. The van der Waals surface area contributed by atoms with Crippen molar-refractivity contribution in [3.63, 3.8) is 0 Å². The molecule has 0 spiro atoms. The van der Waals surface area contributed by atoms with Crippen LogP contribution in [0.25, 0.3) is 0 Å². The topological polar surface area (TPSA) is 38.5 Å². The third-order valence-electron chi connectivity index (χ3n) is 3.11. The summed E-state index contributed by atoms with van der Waals surface area (Å²) in [5.41, 5.74) is 6.11. The molecule has 1 aliphatic rings. The molecule has 1 fully saturated rings. The molecule has 1 saturated heterocycles. The third-order valence-corrected chi connectivity index (χ3v) is 3.11. The van der Waals surface area contributed by atoms with Gasteiger partial charge in [0.1, 0.15) is 0 Å². The van der Waals surface area contributed by atoms with E-state index in [1.54, 1.807) is 0 Å². The average molecular weight is 200 g/mol. The number of rotatable bonds is 3. The first-order valence-electron chi connectivity index (χ1n) is 5.59. The summed E-state index contributed by atoms with van der Waals surface area (Å²) in [7, 11) is 0. The van der Waals surface area contributed by atoms with E-state index >= 15 is 0 Å². The van der Waals surface area contributed by atoms with Gasteiger partial charge in [-0.2, -0.15) is 0 Å². The lowest BCUT2D eigenvalue weighted by molar-refractivity contribution is -0.0553. The minimum atomic E-state index is -0.0642. The van der Waals surface area contributed by atoms with Gasteiger partial charge in [-0.05, 0) is 27.2 Å². The van der Waals surface area contributed by atoms with Gasteiger partial charge in [0, 0.05) is 24.7 Å². The molecule has 0 aliphatic carbocycles. The van der Waals surface area contributed by atoms with E-state index in [9.17, 15) is 0 Å². The fraction of sp³-hybridized carbons (Fsp3) is 1.00. The number of hydrogen-bond acceptors (Lipinski definition) is 3. The Balaban J connectivity index is 2.49. The Morgan fingerprint density at radius 3 is 2.71 bits per heavy atom. The summed E-state index contributed by atoms with van der Waals surface area (Å²) in [6, 6.07) is 0.501. The SMILES string of the molecule is CCC(C)(N)CN1CC(C)OCC1C. The predicted molar refractivity (Wildman–Crippen MR) is 59.3 cm³/mol. The molecule has 0 aromatic heterocycles. The number of nitrogens with two attached hydrogens (primary N) is 1. The first kappa shape index (κ1) is 12.0. The third kappa shape index (κ3) is 3.23. The lowest BCUT2D eigenvalue weighted by atomic mass is 9.98. The van der Waals surface area contributed by atoms with Crippen LogP contribution in [0.3, 0.4) is 0 Å². The van der Waals surface area contributed by atoms with E-state index in [1.165, 1.54) is 0 Å². The van der Waals surface area contributed by atoms with Crippen LogP contribution in [0.1, 0.15) is 34.1 Å². The molecule has 0 aromatic carbocycles. The first-order chi connectivity index (χ1) is 6.44. The van der Waals surface area contributed by atoms with Gasteiger partial charge in [-0.1, -0.05) is 6.92 Å². The van der Waals surface area contributed by atoms with Crippen LogP contribution in [-0.4, -0.2) is 42.3 Å². The van der Waals surface area contributed by atoms with Gasteiger partial charge in [0.2, 0.25) is 0 Å². The normalized spacial score (nSPS) is 34.1. The summed E-state index contributed by atoms with van der Waals surface area (Å²) >= 11 is 0. The molecule has 1 heterocycles. The highest BCUT2D eigenvalue weighted by atomic mass is 16.5. The highest BCUT2D eigenvalue weighted by Gasteiger charge is 2.28. The molecule has 0 saturated carbocycles. The van der Waals surface area contributed by atoms with Crippen LogP contribution < -0.4 is 5.73 Å². The summed E-state index contributed by atoms with van der Waals surface area (Å²) < 4.78 is 5.59. The quantitative estimate of drug-likeness (QED) is 0.744. The second-order valence-corrected chi connectivity index (χ2v) is 4.93. The maximum atomic E-state index is 6.17. The van der Waals surface area contributed by atoms with E-state index in [-0.39, 0.29) is 5.54 Å². The largest absolute Gasteiger partial charge is 0.376 e. The first-order valence-corrected chi connectivity index (χ1v) is 5.59. The van der Waals surface area contributed by atoms with Gasteiger partial charge >= 0.3 is 0 Å². The molecule has 0 aromatic rings. The molecular weight excluding hydrogens is 176 g/mol. The Morgan fingerprint density at radius 1 is 1.50 bits per heavy atom. The number of nitrogens with zero attached hydrogens (tertiary/aromatic N) is 1. The Morgan fingerprint density at radius 2 is 2.14 bits per heavy atom. The molecule has 2 N–H and O–H groups in total. The van der Waals surface area contributed by atoms with E-state index in [4.69, 9.17) is 10.5 Å². The van der Waals surface area contributed by atoms with Gasteiger partial charge in [-0.15, -0.1) is 0 Å². The van der Waals surface area contributed by atoms with Gasteiger partial charge in [0.15, 0.2) is 0 Å². The Labute approximate surface area is 87.6 Å². The van der Waals surface area contributed by atoms with Gasteiger partial charge in [-0.25, -0.2) is 0 Å². The van der Waals surface area contributed by atoms with E-state index in [2.05, 4.69) is 32.6 Å². The molecule has 3 heteroatoms. The summed E-state index contributed by atoms with van der Waals surface area (Å²) in [5, 5.41) is 0. The number of hydrogen-bond donors (Lipinski definition) is 1. The molecular formula is C11H24N2O. The smallest absolute Gasteiger partial charge is 0.0674 e. The fourth-order valence-electron chi connectivity index (χ4n) is 1.77. The van der Waals surface area contributed by atoms with Gasteiger partial charge in [0.05, 0.1) is 12.7 Å². The Bertz CT molecular complexity index is 182. The summed E-state index contributed by atoms with van der Waals surface area (Å²) in [6.45, 7) is 11.4. The molecule has 3 atom stereocenters. The number of morpholine rings is 1. The van der Waals surface area contributed by atoms with E-state index in [1.807, 2.05) is 0 Å². The molecule has 3 nitrogen and oxygen atoms in total. The lowest BCUT2D eigenvalue weighted by Crippen LogP contribution is -2.55. The lowest BCUT2D eigenvalue weighted by Gasteiger charge is -2.40. The van der Waals surface area contributed by atoms with Crippen molar-refractivity contribution < 1.29 is 4.74 Å². The molecule has 0 radical (unpaired) electrons. The summed E-state index contributed by atoms with van der Waals surface area (Å²) in [6.07, 6.45) is 1.37.